The Kier molecular flexibility index (Phi) is 7.20. The fourth-order valence-corrected chi connectivity index (χ4v) is 2.20. The van der Waals surface area contributed by atoms with Gasteiger partial charge in [-0.25, -0.2) is 15.0 Å². The van der Waals surface area contributed by atoms with Crippen LogP contribution in [0.4, 0.5) is 18.9 Å². The van der Waals surface area contributed by atoms with E-state index in [1.54, 1.807) is 35.6 Å². The first kappa shape index (κ1) is 21.5. The van der Waals surface area contributed by atoms with Crippen LogP contribution in [0.2, 0.25) is 0 Å². The zero-order valence-electron chi connectivity index (χ0n) is 14.3. The second-order valence-corrected chi connectivity index (χ2v) is 5.39. The van der Waals surface area contributed by atoms with E-state index < -0.39 is 6.36 Å². The summed E-state index contributed by atoms with van der Waals surface area (Å²) >= 11 is 0. The van der Waals surface area contributed by atoms with Crippen molar-refractivity contribution in [3.8, 4) is 11.6 Å². The van der Waals surface area contributed by atoms with E-state index in [0.29, 0.717) is 18.1 Å². The van der Waals surface area contributed by atoms with Crippen LogP contribution in [0, 0.1) is 0 Å². The molecule has 0 aliphatic rings. The quantitative estimate of drug-likeness (QED) is 0.314. The Labute approximate surface area is 175 Å². The first-order valence-electron chi connectivity index (χ1n) is 7.75. The molecule has 148 valence electrons. The maximum Gasteiger partial charge on any atom is 0.573 e. The fraction of sp³-hybridized carbons (Fsp3) is 0.118. The van der Waals surface area contributed by atoms with Gasteiger partial charge in [-0.2, -0.15) is 0 Å². The van der Waals surface area contributed by atoms with Gasteiger partial charge in [0, 0.05) is 24.3 Å². The largest absolute Gasteiger partial charge is 0.573 e. The smallest absolute Gasteiger partial charge is 0.406 e. The average Bonchev–Trinajstić information content (AvgIpc) is 3.15. The van der Waals surface area contributed by atoms with Crippen LogP contribution in [0.25, 0.3) is 5.82 Å². The van der Waals surface area contributed by atoms with Crippen LogP contribution in [0.3, 0.4) is 0 Å². The lowest BCUT2D eigenvalue weighted by atomic mass is 10.2. The third kappa shape index (κ3) is 6.40. The third-order valence-corrected chi connectivity index (χ3v) is 3.37. The van der Waals surface area contributed by atoms with E-state index in [1.807, 2.05) is 6.07 Å². The van der Waals surface area contributed by atoms with Crippen LogP contribution in [-0.4, -0.2) is 26.9 Å². The Morgan fingerprint density at radius 1 is 1.18 bits per heavy atom. The highest BCUT2D eigenvalue weighted by molar-refractivity contribution is 14.0. The molecule has 0 amide bonds. The number of anilines is 1. The number of rotatable bonds is 5. The number of pyridine rings is 1. The van der Waals surface area contributed by atoms with Gasteiger partial charge in [0.05, 0.1) is 6.54 Å². The lowest BCUT2D eigenvalue weighted by molar-refractivity contribution is -0.274. The van der Waals surface area contributed by atoms with Gasteiger partial charge in [0.15, 0.2) is 5.96 Å². The minimum absolute atomic E-state index is 0. The molecule has 7 nitrogen and oxygen atoms in total. The van der Waals surface area contributed by atoms with Gasteiger partial charge in [0.25, 0.3) is 0 Å². The monoisotopic (exact) mass is 504 g/mol. The van der Waals surface area contributed by atoms with Crippen LogP contribution in [0.15, 0.2) is 66.3 Å². The van der Waals surface area contributed by atoms with Crippen molar-refractivity contribution < 1.29 is 17.9 Å². The second kappa shape index (κ2) is 9.39. The number of imidazole rings is 1. The Balaban J connectivity index is 0.00000280. The van der Waals surface area contributed by atoms with Gasteiger partial charge in [-0.1, -0.05) is 0 Å². The lowest BCUT2D eigenvalue weighted by Crippen LogP contribution is -2.22. The topological polar surface area (TPSA) is 90.4 Å². The molecule has 2 aromatic heterocycles. The maximum atomic E-state index is 12.1. The van der Waals surface area contributed by atoms with Crippen molar-refractivity contribution in [1.29, 1.82) is 0 Å². The molecule has 0 aliphatic heterocycles. The van der Waals surface area contributed by atoms with E-state index >= 15 is 0 Å². The van der Waals surface area contributed by atoms with Crippen LogP contribution in [-0.2, 0) is 6.54 Å². The average molecular weight is 504 g/mol. The number of hydrogen-bond acceptors (Lipinski definition) is 4. The summed E-state index contributed by atoms with van der Waals surface area (Å²) in [5.41, 5.74) is 7.19. The molecular formula is C17H16F3IN6O. The summed E-state index contributed by atoms with van der Waals surface area (Å²) in [5, 5.41) is 2.80. The van der Waals surface area contributed by atoms with E-state index in [0.717, 1.165) is 5.56 Å². The molecule has 11 heteroatoms. The zero-order chi connectivity index (χ0) is 19.3. The van der Waals surface area contributed by atoms with Crippen molar-refractivity contribution in [3.63, 3.8) is 0 Å². The van der Waals surface area contributed by atoms with Gasteiger partial charge in [-0.15, -0.1) is 37.1 Å². The Morgan fingerprint density at radius 3 is 2.57 bits per heavy atom. The highest BCUT2D eigenvalue weighted by atomic mass is 127. The van der Waals surface area contributed by atoms with E-state index in [-0.39, 0.29) is 35.7 Å². The Hall–Kier alpha value is -2.83. The number of guanidine groups is 1. The van der Waals surface area contributed by atoms with Crippen LogP contribution in [0.1, 0.15) is 5.56 Å². The van der Waals surface area contributed by atoms with Gasteiger partial charge < -0.3 is 15.8 Å². The Morgan fingerprint density at radius 2 is 1.93 bits per heavy atom. The molecule has 0 saturated carbocycles. The van der Waals surface area contributed by atoms with Crippen molar-refractivity contribution in [2.24, 2.45) is 10.7 Å². The maximum absolute atomic E-state index is 12.1. The first-order chi connectivity index (χ1) is 12.9. The molecule has 28 heavy (non-hydrogen) atoms. The second-order valence-electron chi connectivity index (χ2n) is 5.39. The van der Waals surface area contributed by atoms with E-state index in [4.69, 9.17) is 5.73 Å². The predicted octanol–water partition coefficient (Wildman–Crippen LogP) is 3.71. The highest BCUT2D eigenvalue weighted by Crippen LogP contribution is 2.23. The molecule has 1 aromatic carbocycles. The summed E-state index contributed by atoms with van der Waals surface area (Å²) in [4.78, 5) is 12.4. The van der Waals surface area contributed by atoms with E-state index in [1.165, 1.54) is 24.3 Å². The minimum Gasteiger partial charge on any atom is -0.406 e. The molecule has 0 aliphatic carbocycles. The summed E-state index contributed by atoms with van der Waals surface area (Å²) in [7, 11) is 0. The number of alkyl halides is 3. The summed E-state index contributed by atoms with van der Waals surface area (Å²) in [6.45, 7) is 0.304. The van der Waals surface area contributed by atoms with Crippen molar-refractivity contribution in [3.05, 3.63) is 66.9 Å². The van der Waals surface area contributed by atoms with Gasteiger partial charge in [0.1, 0.15) is 17.9 Å². The fourth-order valence-electron chi connectivity index (χ4n) is 2.20. The summed E-state index contributed by atoms with van der Waals surface area (Å²) < 4.78 is 42.0. The molecule has 3 aromatic rings. The molecule has 3 N–H and O–H groups in total. The van der Waals surface area contributed by atoms with Crippen LogP contribution < -0.4 is 15.8 Å². The number of ether oxygens (including phenoxy) is 1. The minimum atomic E-state index is -4.73. The number of nitrogens with one attached hydrogen (secondary N) is 1. The number of benzene rings is 1. The molecule has 0 atom stereocenters. The number of nitrogens with two attached hydrogens (primary N) is 1. The number of aromatic nitrogens is 3. The molecule has 0 fully saturated rings. The normalized spacial score (nSPS) is 11.6. The molecule has 0 bridgehead atoms. The Bertz CT molecular complexity index is 913. The van der Waals surface area contributed by atoms with Crippen molar-refractivity contribution >= 4 is 35.6 Å². The highest BCUT2D eigenvalue weighted by Gasteiger charge is 2.30. The number of aliphatic imine (C=N–C) groups is 1. The van der Waals surface area contributed by atoms with Gasteiger partial charge >= 0.3 is 6.36 Å². The van der Waals surface area contributed by atoms with Crippen molar-refractivity contribution in [1.82, 2.24) is 14.5 Å². The SMILES string of the molecule is I.NC(=NCc1ccnc(-n2ccnc2)c1)Nc1ccc(OC(F)(F)F)cc1. The number of halogens is 4. The van der Waals surface area contributed by atoms with Gasteiger partial charge in [-0.3, -0.25) is 4.57 Å². The van der Waals surface area contributed by atoms with E-state index in [2.05, 4.69) is 25.0 Å². The zero-order valence-corrected chi connectivity index (χ0v) is 16.6. The predicted molar refractivity (Wildman–Crippen MR) is 109 cm³/mol. The summed E-state index contributed by atoms with van der Waals surface area (Å²) in [6.07, 6.45) is 1.99. The number of hydrogen-bond donors (Lipinski definition) is 2. The standard InChI is InChI=1S/C17H15F3N6O.HI/c18-17(19,20)27-14-3-1-13(2-4-14)25-16(21)24-10-12-5-6-23-15(9-12)26-8-7-22-11-26;/h1-9,11H,10H2,(H3,21,24,25);1H. The van der Waals surface area contributed by atoms with Crippen LogP contribution in [0.5, 0.6) is 5.75 Å². The number of nitrogens with zero attached hydrogens (tertiary/aromatic N) is 4. The molecule has 0 spiro atoms. The molecular weight excluding hydrogens is 488 g/mol. The molecule has 3 rings (SSSR count). The summed E-state index contributed by atoms with van der Waals surface area (Å²) in [6, 6.07) is 8.84. The van der Waals surface area contributed by atoms with Crippen LogP contribution >= 0.6 is 24.0 Å². The van der Waals surface area contributed by atoms with Crippen molar-refractivity contribution in [2.75, 3.05) is 5.32 Å². The summed E-state index contributed by atoms with van der Waals surface area (Å²) in [5.74, 6) is 0.514. The van der Waals surface area contributed by atoms with Gasteiger partial charge in [-0.05, 0) is 42.0 Å². The van der Waals surface area contributed by atoms with Gasteiger partial charge in [0.2, 0.25) is 0 Å². The molecule has 0 saturated heterocycles. The molecule has 2 heterocycles. The van der Waals surface area contributed by atoms with Crippen molar-refractivity contribution in [2.45, 2.75) is 12.9 Å². The lowest BCUT2D eigenvalue weighted by Gasteiger charge is -2.10. The first-order valence-corrected chi connectivity index (χ1v) is 7.75. The third-order valence-electron chi connectivity index (χ3n) is 3.37. The molecule has 0 unspecified atom stereocenters. The molecule has 0 radical (unpaired) electrons. The van der Waals surface area contributed by atoms with E-state index in [9.17, 15) is 13.2 Å².